The van der Waals surface area contributed by atoms with Gasteiger partial charge in [-0.2, -0.15) is 0 Å². The summed E-state index contributed by atoms with van der Waals surface area (Å²) < 4.78 is 9.20. The molecular formula is C51H35N3OS. The minimum absolute atomic E-state index is 0.0409. The van der Waals surface area contributed by atoms with Gasteiger partial charge >= 0.3 is 0 Å². The molecule has 2 aromatic heterocycles. The molecule has 0 amide bonds. The Morgan fingerprint density at radius 2 is 1.32 bits per heavy atom. The van der Waals surface area contributed by atoms with Crippen molar-refractivity contribution in [3.05, 3.63) is 203 Å². The summed E-state index contributed by atoms with van der Waals surface area (Å²) in [5, 5.41) is 13.0. The lowest BCUT2D eigenvalue weighted by molar-refractivity contribution is 0.316. The third-order valence-electron chi connectivity index (χ3n) is 12.9. The number of benzene rings is 7. The lowest BCUT2D eigenvalue weighted by Gasteiger charge is -2.40. The zero-order valence-electron chi connectivity index (χ0n) is 30.4. The molecule has 5 heteroatoms. The summed E-state index contributed by atoms with van der Waals surface area (Å²) in [6.07, 6.45) is 6.37. The normalized spacial score (nSPS) is 18.9. The first-order valence-corrected chi connectivity index (χ1v) is 20.5. The molecule has 56 heavy (non-hydrogen) atoms. The van der Waals surface area contributed by atoms with Crippen molar-refractivity contribution in [2.45, 2.75) is 40.4 Å². The van der Waals surface area contributed by atoms with E-state index in [4.69, 9.17) is 4.42 Å². The van der Waals surface area contributed by atoms with E-state index >= 15 is 0 Å². The standard InChI is InChI=1S/C51H35N3OS/c1-5-20-38-30(14-1)36-28-37-31-15-3-9-24-43(31)54(44(37)29-41(36)51(38)39-21-6-11-26-46(39)56-47-27-12-7-22-40(47)51)50-52-42-23-8-2-17-34(42)48(53-50)35-19-13-18-33-32-16-4-10-25-45(32)55-49(33)35/h1,3-16,18-29,48,50,52-53H,2,17H2. The van der Waals surface area contributed by atoms with Crippen molar-refractivity contribution >= 4 is 55.5 Å². The van der Waals surface area contributed by atoms with Crippen LogP contribution in [0.3, 0.4) is 0 Å². The van der Waals surface area contributed by atoms with E-state index in [-0.39, 0.29) is 12.3 Å². The Kier molecular flexibility index (Phi) is 6.30. The highest BCUT2D eigenvalue weighted by Crippen LogP contribution is 2.63. The molecule has 4 aliphatic rings. The van der Waals surface area contributed by atoms with E-state index in [1.165, 1.54) is 81.8 Å². The highest BCUT2D eigenvalue weighted by molar-refractivity contribution is 7.99. The molecule has 2 aliphatic carbocycles. The summed E-state index contributed by atoms with van der Waals surface area (Å²) >= 11 is 1.89. The van der Waals surface area contributed by atoms with Crippen molar-refractivity contribution in [3.63, 3.8) is 0 Å². The number of fused-ring (bicyclic) bond motifs is 15. The molecule has 0 saturated heterocycles. The number of hydrogen-bond donors (Lipinski definition) is 2. The van der Waals surface area contributed by atoms with E-state index in [0.717, 1.165) is 34.8 Å². The minimum Gasteiger partial charge on any atom is -0.456 e. The van der Waals surface area contributed by atoms with Gasteiger partial charge in [0.05, 0.1) is 22.5 Å². The summed E-state index contributed by atoms with van der Waals surface area (Å²) in [5.41, 5.74) is 15.6. The topological polar surface area (TPSA) is 42.1 Å². The maximum atomic E-state index is 6.68. The van der Waals surface area contributed by atoms with Crippen molar-refractivity contribution in [1.29, 1.82) is 0 Å². The number of nitrogens with one attached hydrogen (secondary N) is 2. The summed E-state index contributed by atoms with van der Waals surface area (Å²) in [5.74, 6) is 0. The first-order valence-electron chi connectivity index (χ1n) is 19.6. The molecular weight excluding hydrogens is 703 g/mol. The maximum Gasteiger partial charge on any atom is 0.160 e. The molecule has 1 spiro atoms. The third kappa shape index (κ3) is 3.98. The summed E-state index contributed by atoms with van der Waals surface area (Å²) in [6, 6.07) is 56.2. The van der Waals surface area contributed by atoms with Gasteiger partial charge in [0.25, 0.3) is 0 Å². The molecule has 4 heterocycles. The number of furan rings is 1. The fourth-order valence-electron chi connectivity index (χ4n) is 10.6. The Hall–Kier alpha value is -6.27. The van der Waals surface area contributed by atoms with Crippen molar-refractivity contribution in [3.8, 4) is 11.1 Å². The molecule has 0 saturated carbocycles. The van der Waals surface area contributed by atoms with Crippen LogP contribution in [-0.4, -0.2) is 4.57 Å². The molecule has 2 atom stereocenters. The van der Waals surface area contributed by atoms with Gasteiger partial charge < -0.3 is 14.3 Å². The fourth-order valence-corrected chi connectivity index (χ4v) is 11.8. The summed E-state index contributed by atoms with van der Waals surface area (Å²) in [7, 11) is 0. The fraction of sp³-hybridized carbons (Fsp3) is 0.0980. The Labute approximate surface area is 328 Å². The van der Waals surface area contributed by atoms with Crippen molar-refractivity contribution in [1.82, 2.24) is 15.2 Å². The van der Waals surface area contributed by atoms with Gasteiger partial charge in [0.1, 0.15) is 11.2 Å². The summed E-state index contributed by atoms with van der Waals surface area (Å²) in [4.78, 5) is 2.63. The molecule has 0 fully saturated rings. The summed E-state index contributed by atoms with van der Waals surface area (Å²) in [6.45, 7) is 0. The van der Waals surface area contributed by atoms with Crippen LogP contribution in [0.1, 0.15) is 53.0 Å². The Morgan fingerprint density at radius 3 is 2.18 bits per heavy atom. The van der Waals surface area contributed by atoms with Crippen molar-refractivity contribution < 1.29 is 4.42 Å². The molecule has 2 N–H and O–H groups in total. The average Bonchev–Trinajstić information content (AvgIpc) is 3.89. The predicted octanol–water partition coefficient (Wildman–Crippen LogP) is 12.5. The van der Waals surface area contributed by atoms with Crippen LogP contribution in [0.15, 0.2) is 189 Å². The van der Waals surface area contributed by atoms with E-state index in [0.29, 0.717) is 0 Å². The molecule has 266 valence electrons. The molecule has 2 unspecified atom stereocenters. The molecule has 9 aromatic rings. The lowest BCUT2D eigenvalue weighted by Crippen LogP contribution is -2.45. The van der Waals surface area contributed by atoms with Crippen LogP contribution >= 0.6 is 11.8 Å². The van der Waals surface area contributed by atoms with Crippen LogP contribution in [-0.2, 0) is 5.41 Å². The van der Waals surface area contributed by atoms with Gasteiger partial charge in [-0.1, -0.05) is 133 Å². The largest absolute Gasteiger partial charge is 0.456 e. The quantitative estimate of drug-likeness (QED) is 0.185. The van der Waals surface area contributed by atoms with Gasteiger partial charge in [-0.25, -0.2) is 0 Å². The van der Waals surface area contributed by atoms with E-state index < -0.39 is 5.41 Å². The first kappa shape index (κ1) is 31.0. The number of para-hydroxylation sites is 3. The second-order valence-electron chi connectivity index (χ2n) is 15.5. The van der Waals surface area contributed by atoms with E-state index in [1.54, 1.807) is 0 Å². The van der Waals surface area contributed by atoms with Crippen LogP contribution in [0.2, 0.25) is 0 Å². The van der Waals surface area contributed by atoms with Crippen LogP contribution in [0.5, 0.6) is 0 Å². The van der Waals surface area contributed by atoms with E-state index in [9.17, 15) is 0 Å². The van der Waals surface area contributed by atoms with Crippen molar-refractivity contribution in [2.75, 3.05) is 0 Å². The zero-order valence-corrected chi connectivity index (χ0v) is 31.2. The Bertz CT molecular complexity index is 3170. The van der Waals surface area contributed by atoms with E-state index in [2.05, 4.69) is 179 Å². The third-order valence-corrected chi connectivity index (χ3v) is 14.0. The lowest BCUT2D eigenvalue weighted by atomic mass is 9.67. The monoisotopic (exact) mass is 737 g/mol. The second kappa shape index (κ2) is 11.4. The highest BCUT2D eigenvalue weighted by Gasteiger charge is 2.50. The molecule has 0 radical (unpaired) electrons. The second-order valence-corrected chi connectivity index (χ2v) is 16.6. The van der Waals surface area contributed by atoms with Gasteiger partial charge in [-0.05, 0) is 94.3 Å². The van der Waals surface area contributed by atoms with E-state index in [1.807, 2.05) is 11.8 Å². The zero-order chi connectivity index (χ0) is 36.5. The average molecular weight is 738 g/mol. The van der Waals surface area contributed by atoms with Gasteiger partial charge in [0.2, 0.25) is 0 Å². The molecule has 7 aromatic carbocycles. The van der Waals surface area contributed by atoms with Gasteiger partial charge in [0, 0.05) is 42.6 Å². The molecule has 0 bridgehead atoms. The van der Waals surface area contributed by atoms with Gasteiger partial charge in [0.15, 0.2) is 6.29 Å². The number of nitrogens with zero attached hydrogens (tertiary/aromatic N) is 1. The minimum atomic E-state index is -0.450. The smallest absolute Gasteiger partial charge is 0.160 e. The first-order chi connectivity index (χ1) is 27.8. The number of hydrogen-bond acceptors (Lipinski definition) is 4. The Balaban J connectivity index is 1.08. The van der Waals surface area contributed by atoms with Gasteiger partial charge in [-0.15, -0.1) is 0 Å². The number of rotatable bonds is 2. The van der Waals surface area contributed by atoms with Gasteiger partial charge in [-0.3, -0.25) is 5.32 Å². The van der Waals surface area contributed by atoms with Crippen LogP contribution < -0.4 is 10.6 Å². The van der Waals surface area contributed by atoms with Crippen LogP contribution in [0, 0.1) is 0 Å². The Morgan fingerprint density at radius 1 is 0.607 bits per heavy atom. The molecule has 4 nitrogen and oxygen atoms in total. The maximum absolute atomic E-state index is 6.68. The van der Waals surface area contributed by atoms with Crippen LogP contribution in [0.25, 0.3) is 54.9 Å². The number of aromatic nitrogens is 1. The van der Waals surface area contributed by atoms with Crippen LogP contribution in [0.4, 0.5) is 0 Å². The SMILES string of the molecule is C1=CC2=C(CC1)C(c1cccc3c1oc1ccccc13)NC(n1c3ccccc3c3cc4c(cc31)C1(c3ccccc3Sc3ccccc31)c1ccccc1-4)N2. The van der Waals surface area contributed by atoms with Crippen molar-refractivity contribution in [2.24, 2.45) is 0 Å². The molecule has 13 rings (SSSR count). The number of allylic oxidation sites excluding steroid dienone is 2. The highest BCUT2D eigenvalue weighted by atomic mass is 32.2. The predicted molar refractivity (Wildman–Crippen MR) is 228 cm³/mol. The molecule has 2 aliphatic heterocycles.